The van der Waals surface area contributed by atoms with Crippen molar-refractivity contribution < 1.29 is 0 Å². The molecule has 1 aromatic rings. The number of rotatable bonds is 7. The van der Waals surface area contributed by atoms with E-state index in [-0.39, 0.29) is 0 Å². The standard InChI is InChI=1S/C13H23N3/c1-4-16(5-2)11-10-14-12(3)13-8-6-7-9-15-13/h6-9,12,14H,4-5,10-11H2,1-3H3/t12-/m0/s1. The predicted octanol–water partition coefficient (Wildman–Crippen LogP) is 2.07. The van der Waals surface area contributed by atoms with Crippen LogP contribution in [0.1, 0.15) is 32.5 Å². The Bertz CT molecular complexity index is 270. The monoisotopic (exact) mass is 221 g/mol. The molecule has 3 heteroatoms. The minimum Gasteiger partial charge on any atom is -0.308 e. The van der Waals surface area contributed by atoms with Gasteiger partial charge in [-0.2, -0.15) is 0 Å². The maximum atomic E-state index is 4.34. The Morgan fingerprint density at radius 1 is 1.31 bits per heavy atom. The Morgan fingerprint density at radius 3 is 2.62 bits per heavy atom. The second kappa shape index (κ2) is 7.36. The molecule has 0 aliphatic heterocycles. The van der Waals surface area contributed by atoms with Gasteiger partial charge in [-0.3, -0.25) is 4.98 Å². The molecule has 0 aliphatic carbocycles. The van der Waals surface area contributed by atoms with Gasteiger partial charge in [-0.25, -0.2) is 0 Å². The molecule has 0 saturated carbocycles. The van der Waals surface area contributed by atoms with Crippen LogP contribution in [0, 0.1) is 0 Å². The lowest BCUT2D eigenvalue weighted by molar-refractivity contribution is 0.297. The predicted molar refractivity (Wildman–Crippen MR) is 68.4 cm³/mol. The van der Waals surface area contributed by atoms with Crippen molar-refractivity contribution in [3.63, 3.8) is 0 Å². The highest BCUT2D eigenvalue weighted by Crippen LogP contribution is 2.06. The second-order valence-electron chi connectivity index (χ2n) is 3.96. The van der Waals surface area contributed by atoms with Crippen molar-refractivity contribution in [2.45, 2.75) is 26.8 Å². The molecule has 0 saturated heterocycles. The zero-order valence-electron chi connectivity index (χ0n) is 10.6. The van der Waals surface area contributed by atoms with E-state index in [9.17, 15) is 0 Å². The van der Waals surface area contributed by atoms with Crippen molar-refractivity contribution in [2.24, 2.45) is 0 Å². The molecule has 90 valence electrons. The lowest BCUT2D eigenvalue weighted by Gasteiger charge is -2.20. The summed E-state index contributed by atoms with van der Waals surface area (Å²) in [5, 5.41) is 3.49. The molecule has 1 aromatic heterocycles. The summed E-state index contributed by atoms with van der Waals surface area (Å²) in [5.74, 6) is 0. The van der Waals surface area contributed by atoms with Crippen molar-refractivity contribution >= 4 is 0 Å². The van der Waals surface area contributed by atoms with Gasteiger partial charge in [-0.05, 0) is 32.1 Å². The molecule has 0 radical (unpaired) electrons. The molecule has 1 rings (SSSR count). The first-order chi connectivity index (χ1) is 7.77. The highest BCUT2D eigenvalue weighted by atomic mass is 15.1. The number of likely N-dealkylation sites (N-methyl/N-ethyl adjacent to an activating group) is 1. The Balaban J connectivity index is 2.28. The number of nitrogens with one attached hydrogen (secondary N) is 1. The van der Waals surface area contributed by atoms with E-state index in [1.165, 1.54) is 0 Å². The third kappa shape index (κ3) is 4.29. The SMILES string of the molecule is CCN(CC)CCN[C@@H](C)c1ccccn1. The lowest BCUT2D eigenvalue weighted by atomic mass is 10.2. The maximum absolute atomic E-state index is 4.34. The molecular weight excluding hydrogens is 198 g/mol. The van der Waals surface area contributed by atoms with E-state index in [1.54, 1.807) is 0 Å². The van der Waals surface area contributed by atoms with Crippen molar-refractivity contribution in [1.82, 2.24) is 15.2 Å². The largest absolute Gasteiger partial charge is 0.308 e. The average molecular weight is 221 g/mol. The Hall–Kier alpha value is -0.930. The molecule has 0 aliphatic rings. The summed E-state index contributed by atoms with van der Waals surface area (Å²) in [6, 6.07) is 6.38. The van der Waals surface area contributed by atoms with E-state index in [2.05, 4.69) is 42.0 Å². The van der Waals surface area contributed by atoms with Crippen molar-refractivity contribution in [2.75, 3.05) is 26.2 Å². The van der Waals surface area contributed by atoms with Gasteiger partial charge in [-0.1, -0.05) is 19.9 Å². The normalized spacial score (nSPS) is 13.0. The molecule has 3 nitrogen and oxygen atoms in total. The van der Waals surface area contributed by atoms with E-state index in [1.807, 2.05) is 18.3 Å². The van der Waals surface area contributed by atoms with E-state index >= 15 is 0 Å². The van der Waals surface area contributed by atoms with Gasteiger partial charge >= 0.3 is 0 Å². The molecule has 0 bridgehead atoms. The van der Waals surface area contributed by atoms with Gasteiger partial charge in [0.05, 0.1) is 5.69 Å². The average Bonchev–Trinajstić information content (AvgIpc) is 2.35. The fourth-order valence-electron chi connectivity index (χ4n) is 1.72. The van der Waals surface area contributed by atoms with Crippen molar-refractivity contribution in [3.05, 3.63) is 30.1 Å². The van der Waals surface area contributed by atoms with E-state index < -0.39 is 0 Å². The van der Waals surface area contributed by atoms with E-state index in [0.29, 0.717) is 6.04 Å². The van der Waals surface area contributed by atoms with Crippen LogP contribution in [0.3, 0.4) is 0 Å². The molecule has 1 heterocycles. The molecule has 0 spiro atoms. The van der Waals surface area contributed by atoms with Crippen LogP contribution in [0.2, 0.25) is 0 Å². The van der Waals surface area contributed by atoms with E-state index in [4.69, 9.17) is 0 Å². The van der Waals surface area contributed by atoms with Crippen LogP contribution in [0.25, 0.3) is 0 Å². The lowest BCUT2D eigenvalue weighted by Crippen LogP contribution is -2.33. The minimum atomic E-state index is 0.330. The first-order valence-electron chi connectivity index (χ1n) is 6.14. The van der Waals surface area contributed by atoms with Crippen molar-refractivity contribution in [3.8, 4) is 0 Å². The molecule has 1 atom stereocenters. The smallest absolute Gasteiger partial charge is 0.0570 e. The molecule has 0 amide bonds. The quantitative estimate of drug-likeness (QED) is 0.764. The highest BCUT2D eigenvalue weighted by molar-refractivity contribution is 5.07. The molecule has 0 unspecified atom stereocenters. The van der Waals surface area contributed by atoms with Gasteiger partial charge in [0.1, 0.15) is 0 Å². The van der Waals surface area contributed by atoms with Crippen LogP contribution in [0.15, 0.2) is 24.4 Å². The van der Waals surface area contributed by atoms with Crippen LogP contribution >= 0.6 is 0 Å². The second-order valence-corrected chi connectivity index (χ2v) is 3.96. The summed E-state index contributed by atoms with van der Waals surface area (Å²) < 4.78 is 0. The summed E-state index contributed by atoms with van der Waals surface area (Å²) >= 11 is 0. The molecular formula is C13H23N3. The Morgan fingerprint density at radius 2 is 2.06 bits per heavy atom. The Kier molecular flexibility index (Phi) is 6.04. The summed E-state index contributed by atoms with van der Waals surface area (Å²) in [7, 11) is 0. The topological polar surface area (TPSA) is 28.2 Å². The van der Waals surface area contributed by atoms with Crippen molar-refractivity contribution in [1.29, 1.82) is 0 Å². The van der Waals surface area contributed by atoms with Crippen LogP contribution in [-0.2, 0) is 0 Å². The fraction of sp³-hybridized carbons (Fsp3) is 0.615. The minimum absolute atomic E-state index is 0.330. The van der Waals surface area contributed by atoms with Gasteiger partial charge in [0.15, 0.2) is 0 Å². The van der Waals surface area contributed by atoms with Gasteiger partial charge in [0, 0.05) is 25.3 Å². The first-order valence-corrected chi connectivity index (χ1v) is 6.14. The van der Waals surface area contributed by atoms with Gasteiger partial charge < -0.3 is 10.2 Å². The summed E-state index contributed by atoms with van der Waals surface area (Å²) in [6.45, 7) is 10.9. The van der Waals surface area contributed by atoms with Crippen LogP contribution in [0.4, 0.5) is 0 Å². The zero-order valence-corrected chi connectivity index (χ0v) is 10.6. The summed E-state index contributed by atoms with van der Waals surface area (Å²) in [4.78, 5) is 6.76. The summed E-state index contributed by atoms with van der Waals surface area (Å²) in [5.41, 5.74) is 1.11. The number of nitrogens with zero attached hydrogens (tertiary/aromatic N) is 2. The number of hydrogen-bond donors (Lipinski definition) is 1. The van der Waals surface area contributed by atoms with Gasteiger partial charge in [-0.15, -0.1) is 0 Å². The third-order valence-corrected chi connectivity index (χ3v) is 2.90. The fourth-order valence-corrected chi connectivity index (χ4v) is 1.72. The Labute approximate surface area is 98.9 Å². The van der Waals surface area contributed by atoms with Crippen LogP contribution < -0.4 is 5.32 Å². The number of pyridine rings is 1. The van der Waals surface area contributed by atoms with Crippen LogP contribution in [-0.4, -0.2) is 36.1 Å². The maximum Gasteiger partial charge on any atom is 0.0570 e. The highest BCUT2D eigenvalue weighted by Gasteiger charge is 2.05. The van der Waals surface area contributed by atoms with Gasteiger partial charge in [0.25, 0.3) is 0 Å². The third-order valence-electron chi connectivity index (χ3n) is 2.90. The van der Waals surface area contributed by atoms with E-state index in [0.717, 1.165) is 31.9 Å². The molecule has 16 heavy (non-hydrogen) atoms. The molecule has 1 N–H and O–H groups in total. The number of aromatic nitrogens is 1. The number of hydrogen-bond acceptors (Lipinski definition) is 3. The summed E-state index contributed by atoms with van der Waals surface area (Å²) in [6.07, 6.45) is 1.85. The zero-order chi connectivity index (χ0) is 11.8. The van der Waals surface area contributed by atoms with Gasteiger partial charge in [0.2, 0.25) is 0 Å². The molecule has 0 aromatic carbocycles. The molecule has 0 fully saturated rings. The first kappa shape index (κ1) is 13.1. The van der Waals surface area contributed by atoms with Crippen LogP contribution in [0.5, 0.6) is 0 Å².